The molecule has 0 saturated carbocycles. The average molecular weight is 630 g/mol. The average Bonchev–Trinajstić information content (AvgIpc) is 2.81. The Morgan fingerprint density at radius 3 is 2.35 bits per heavy atom. The summed E-state index contributed by atoms with van der Waals surface area (Å²) in [5.74, 6) is -0.624. The third kappa shape index (κ3) is 9.76. The Morgan fingerprint density at radius 1 is 1.16 bits per heavy atom. The number of nitro benzene ring substituents is 1. The molecule has 1 aliphatic heterocycles. The summed E-state index contributed by atoms with van der Waals surface area (Å²) >= 11 is 3.28. The molecule has 0 aromatic heterocycles. The molecule has 1 fully saturated rings. The molecule has 0 aliphatic carbocycles. The summed E-state index contributed by atoms with van der Waals surface area (Å²) in [6.45, 7) is 3.87. The van der Waals surface area contributed by atoms with Crippen LogP contribution in [0.3, 0.4) is 0 Å². The molecule has 210 valence electrons. The van der Waals surface area contributed by atoms with E-state index in [4.69, 9.17) is 8.92 Å². The minimum absolute atomic E-state index is 0.0397. The molecule has 1 aliphatic rings. The molecule has 0 radical (unpaired) electrons. The zero-order valence-corrected chi connectivity index (χ0v) is 24.3. The maximum atomic E-state index is 13.3. The smallest absolute Gasteiger partial charge is 0.283 e. The number of ether oxygens (including phenoxy) is 1. The molecule has 16 heteroatoms. The van der Waals surface area contributed by atoms with Crippen molar-refractivity contribution in [2.75, 3.05) is 88.9 Å². The van der Waals surface area contributed by atoms with E-state index < -0.39 is 36.5 Å². The van der Waals surface area contributed by atoms with Crippen molar-refractivity contribution in [2.24, 2.45) is 0 Å². The summed E-state index contributed by atoms with van der Waals surface area (Å²) in [4.78, 5) is 29.1. The number of nitrogens with zero attached hydrogens (tertiary/aromatic N) is 4. The maximum Gasteiger partial charge on any atom is 0.283 e. The van der Waals surface area contributed by atoms with Crippen LogP contribution in [-0.4, -0.2) is 121 Å². The monoisotopic (exact) mass is 628 g/mol. The summed E-state index contributed by atoms with van der Waals surface area (Å²) < 4.78 is 58.0. The van der Waals surface area contributed by atoms with Crippen LogP contribution in [0, 0.1) is 10.1 Å². The lowest BCUT2D eigenvalue weighted by Crippen LogP contribution is -2.38. The number of hydrogen-bond acceptors (Lipinski definition) is 11. The van der Waals surface area contributed by atoms with E-state index in [9.17, 15) is 31.7 Å². The van der Waals surface area contributed by atoms with Crippen LogP contribution >= 0.6 is 15.9 Å². The van der Waals surface area contributed by atoms with Crippen molar-refractivity contribution in [1.29, 1.82) is 0 Å². The van der Waals surface area contributed by atoms with Gasteiger partial charge in [-0.3, -0.25) is 24.0 Å². The second-order valence-corrected chi connectivity index (χ2v) is 13.0. The molecule has 1 saturated heterocycles. The third-order valence-electron chi connectivity index (χ3n) is 5.68. The van der Waals surface area contributed by atoms with E-state index in [-0.39, 0.29) is 35.8 Å². The normalized spacial score (nSPS) is 14.9. The van der Waals surface area contributed by atoms with Gasteiger partial charge in [0, 0.05) is 64.0 Å². The fraction of sp³-hybridized carbons (Fsp3) is 0.667. The van der Waals surface area contributed by atoms with Gasteiger partial charge in [-0.2, -0.15) is 8.42 Å². The Balaban J connectivity index is 2.40. The molecular weight excluding hydrogens is 596 g/mol. The number of nitro groups is 1. The van der Waals surface area contributed by atoms with Crippen molar-refractivity contribution in [3.05, 3.63) is 27.8 Å². The number of hydrogen-bond donors (Lipinski definition) is 0. The van der Waals surface area contributed by atoms with Gasteiger partial charge in [-0.15, -0.1) is 0 Å². The molecule has 1 aromatic rings. The fourth-order valence-electron chi connectivity index (χ4n) is 3.84. The lowest BCUT2D eigenvalue weighted by atomic mass is 10.1. The highest BCUT2D eigenvalue weighted by atomic mass is 79.9. The molecule has 13 nitrogen and oxygen atoms in total. The zero-order valence-electron chi connectivity index (χ0n) is 21.1. The van der Waals surface area contributed by atoms with Gasteiger partial charge in [0.1, 0.15) is 5.56 Å². The van der Waals surface area contributed by atoms with E-state index in [1.165, 1.54) is 22.9 Å². The van der Waals surface area contributed by atoms with Gasteiger partial charge in [0.2, 0.25) is 0 Å². The molecule has 0 unspecified atom stereocenters. The van der Waals surface area contributed by atoms with Gasteiger partial charge in [0.25, 0.3) is 21.7 Å². The van der Waals surface area contributed by atoms with Crippen molar-refractivity contribution in [3.8, 4) is 0 Å². The van der Waals surface area contributed by atoms with Gasteiger partial charge in [-0.05, 0) is 12.5 Å². The standard InChI is InChI=1S/C21H33BrN4O9S2/c1-23(6-4-7-24-9-12-34-13-10-24)21(27)17-15-19(20(36(2,30)31)16-18(17)26(28)29)25(8-5-22)11-14-35-37(3,32)33/h15-16H,4-14H2,1-3H3. The van der Waals surface area contributed by atoms with Crippen molar-refractivity contribution >= 4 is 53.2 Å². The van der Waals surface area contributed by atoms with E-state index in [0.29, 0.717) is 31.5 Å². The minimum Gasteiger partial charge on any atom is -0.379 e. The van der Waals surface area contributed by atoms with Crippen LogP contribution in [0.5, 0.6) is 0 Å². The van der Waals surface area contributed by atoms with E-state index in [1.807, 2.05) is 0 Å². The maximum absolute atomic E-state index is 13.3. The van der Waals surface area contributed by atoms with Crippen LogP contribution in [0.15, 0.2) is 17.0 Å². The quantitative estimate of drug-likeness (QED) is 0.125. The highest BCUT2D eigenvalue weighted by Crippen LogP contribution is 2.34. The first kappa shape index (κ1) is 31.4. The Hall–Kier alpha value is -1.85. The van der Waals surface area contributed by atoms with E-state index in [1.54, 1.807) is 0 Å². The van der Waals surface area contributed by atoms with Gasteiger partial charge < -0.3 is 14.5 Å². The van der Waals surface area contributed by atoms with Gasteiger partial charge in [-0.25, -0.2) is 8.42 Å². The molecule has 0 bridgehead atoms. The molecular formula is C21H33BrN4O9S2. The highest BCUT2D eigenvalue weighted by Gasteiger charge is 2.30. The van der Waals surface area contributed by atoms with Gasteiger partial charge in [0.05, 0.1) is 41.6 Å². The molecule has 0 N–H and O–H groups in total. The Kier molecular flexibility index (Phi) is 11.7. The predicted molar refractivity (Wildman–Crippen MR) is 142 cm³/mol. The minimum atomic E-state index is -3.96. The summed E-state index contributed by atoms with van der Waals surface area (Å²) in [6, 6.07) is 2.08. The summed E-state index contributed by atoms with van der Waals surface area (Å²) in [7, 11) is -6.16. The van der Waals surface area contributed by atoms with Crippen molar-refractivity contribution < 1.29 is 35.5 Å². The third-order valence-corrected chi connectivity index (χ3v) is 7.75. The van der Waals surface area contributed by atoms with Crippen LogP contribution in [-0.2, 0) is 28.9 Å². The van der Waals surface area contributed by atoms with Crippen LogP contribution in [0.1, 0.15) is 16.8 Å². The number of amides is 1. The number of sulfone groups is 1. The van der Waals surface area contributed by atoms with Crippen LogP contribution in [0.2, 0.25) is 0 Å². The first-order valence-electron chi connectivity index (χ1n) is 11.5. The molecule has 0 atom stereocenters. The van der Waals surface area contributed by atoms with E-state index >= 15 is 0 Å². The Labute approximate surface area is 226 Å². The second-order valence-electron chi connectivity index (χ2n) is 8.60. The lowest BCUT2D eigenvalue weighted by molar-refractivity contribution is -0.385. The van der Waals surface area contributed by atoms with Gasteiger partial charge in [-0.1, -0.05) is 15.9 Å². The highest BCUT2D eigenvalue weighted by molar-refractivity contribution is 9.09. The largest absolute Gasteiger partial charge is 0.379 e. The molecule has 37 heavy (non-hydrogen) atoms. The van der Waals surface area contributed by atoms with E-state index in [0.717, 1.165) is 38.2 Å². The number of alkyl halides is 1. The van der Waals surface area contributed by atoms with Crippen molar-refractivity contribution in [2.45, 2.75) is 11.3 Å². The summed E-state index contributed by atoms with van der Waals surface area (Å²) in [5, 5.41) is 12.2. The number of carbonyl (C=O) groups excluding carboxylic acids is 1. The molecule has 2 rings (SSSR count). The fourth-order valence-corrected chi connectivity index (χ4v) is 5.54. The van der Waals surface area contributed by atoms with Crippen LogP contribution < -0.4 is 4.90 Å². The van der Waals surface area contributed by atoms with Crippen LogP contribution in [0.25, 0.3) is 0 Å². The first-order chi connectivity index (χ1) is 17.2. The van der Waals surface area contributed by atoms with E-state index in [2.05, 4.69) is 20.8 Å². The Bertz CT molecular complexity index is 1170. The summed E-state index contributed by atoms with van der Waals surface area (Å²) in [5.41, 5.74) is -0.833. The number of anilines is 1. The van der Waals surface area contributed by atoms with Gasteiger partial charge >= 0.3 is 0 Å². The SMILES string of the molecule is CN(CCCN1CCOCC1)C(=O)c1cc(N(CCBr)CCOS(C)(=O)=O)c(S(C)(=O)=O)cc1[N+](=O)[O-]. The van der Waals surface area contributed by atoms with Gasteiger partial charge in [0.15, 0.2) is 9.84 Å². The number of morpholine rings is 1. The molecule has 1 amide bonds. The number of benzene rings is 1. The topological polar surface area (TPSA) is 157 Å². The summed E-state index contributed by atoms with van der Waals surface area (Å²) in [6.07, 6.45) is 2.44. The number of rotatable bonds is 14. The molecule has 1 aromatic carbocycles. The zero-order chi connectivity index (χ0) is 27.8. The lowest BCUT2D eigenvalue weighted by Gasteiger charge is -2.28. The molecule has 1 heterocycles. The van der Waals surface area contributed by atoms with Crippen LogP contribution in [0.4, 0.5) is 11.4 Å². The number of carbonyl (C=O) groups is 1. The Morgan fingerprint density at radius 2 is 1.81 bits per heavy atom. The number of halogens is 1. The first-order valence-corrected chi connectivity index (χ1v) is 16.3. The predicted octanol–water partition coefficient (Wildman–Crippen LogP) is 0.970. The van der Waals surface area contributed by atoms with Crippen molar-refractivity contribution in [1.82, 2.24) is 9.80 Å². The second kappa shape index (κ2) is 13.8. The van der Waals surface area contributed by atoms with Crippen molar-refractivity contribution in [3.63, 3.8) is 0 Å². The molecule has 0 spiro atoms.